The van der Waals surface area contributed by atoms with E-state index >= 15 is 0 Å². The second-order valence-corrected chi connectivity index (χ2v) is 6.10. The van der Waals surface area contributed by atoms with Gasteiger partial charge in [0.05, 0.1) is 0 Å². The first-order valence-electron chi connectivity index (χ1n) is 7.61. The zero-order valence-corrected chi connectivity index (χ0v) is 13.2. The number of nitrogens with one attached hydrogen (secondary N) is 1. The molecule has 0 bridgehead atoms. The van der Waals surface area contributed by atoms with Crippen LogP contribution >= 0.6 is 0 Å². The van der Waals surface area contributed by atoms with Crippen LogP contribution in [0, 0.1) is 5.92 Å². The molecule has 0 spiro atoms. The molecular formula is C17H26N2O2. The average Bonchev–Trinajstić information content (AvgIpc) is 2.91. The van der Waals surface area contributed by atoms with Crippen molar-refractivity contribution in [2.24, 2.45) is 5.92 Å². The number of ether oxygens (including phenoxy) is 1. The number of benzene rings is 1. The molecule has 0 saturated heterocycles. The van der Waals surface area contributed by atoms with Crippen LogP contribution in [-0.4, -0.2) is 47.8 Å². The van der Waals surface area contributed by atoms with Crippen LogP contribution < -0.4 is 4.74 Å². The van der Waals surface area contributed by atoms with E-state index in [1.807, 2.05) is 37.5 Å². The molecule has 2 rings (SSSR count). The van der Waals surface area contributed by atoms with Gasteiger partial charge < -0.3 is 19.7 Å². The first-order valence-corrected chi connectivity index (χ1v) is 7.61. The standard InChI is InChI=1S/C17H26N2O2/c1-13(2)8-10-19(3)11-14(20)12-21-17-6-4-5-16-15(17)7-9-18-16/h4-7,9,13-14,18,20H,8,10-12H2,1-3H3. The Balaban J connectivity index is 1.81. The fraction of sp³-hybridized carbons (Fsp3) is 0.529. The minimum atomic E-state index is -0.476. The van der Waals surface area contributed by atoms with Gasteiger partial charge in [-0.25, -0.2) is 0 Å². The fourth-order valence-corrected chi connectivity index (χ4v) is 2.35. The molecule has 1 heterocycles. The number of fused-ring (bicyclic) bond motifs is 1. The zero-order chi connectivity index (χ0) is 15.2. The molecule has 1 atom stereocenters. The third-order valence-electron chi connectivity index (χ3n) is 3.60. The summed E-state index contributed by atoms with van der Waals surface area (Å²) >= 11 is 0. The molecule has 0 saturated carbocycles. The number of nitrogens with zero attached hydrogens (tertiary/aromatic N) is 1. The van der Waals surface area contributed by atoms with Crippen molar-refractivity contribution in [1.82, 2.24) is 9.88 Å². The van der Waals surface area contributed by atoms with Crippen LogP contribution in [0.3, 0.4) is 0 Å². The molecule has 21 heavy (non-hydrogen) atoms. The molecule has 1 aromatic carbocycles. The fourth-order valence-electron chi connectivity index (χ4n) is 2.35. The summed E-state index contributed by atoms with van der Waals surface area (Å²) in [4.78, 5) is 5.31. The quantitative estimate of drug-likeness (QED) is 0.786. The summed E-state index contributed by atoms with van der Waals surface area (Å²) in [6.45, 7) is 6.38. The predicted molar refractivity (Wildman–Crippen MR) is 86.8 cm³/mol. The summed E-state index contributed by atoms with van der Waals surface area (Å²) in [6, 6.07) is 7.89. The Labute approximate surface area is 126 Å². The number of aliphatic hydroxyl groups is 1. The van der Waals surface area contributed by atoms with Crippen molar-refractivity contribution >= 4 is 10.9 Å². The summed E-state index contributed by atoms with van der Waals surface area (Å²) in [5.41, 5.74) is 1.05. The van der Waals surface area contributed by atoms with Crippen molar-refractivity contribution in [2.45, 2.75) is 26.4 Å². The highest BCUT2D eigenvalue weighted by Gasteiger charge is 2.11. The number of aromatic amines is 1. The van der Waals surface area contributed by atoms with Crippen molar-refractivity contribution in [3.63, 3.8) is 0 Å². The number of H-pyrrole nitrogens is 1. The minimum absolute atomic E-state index is 0.316. The Bertz CT molecular complexity index is 550. The largest absolute Gasteiger partial charge is 0.490 e. The van der Waals surface area contributed by atoms with Gasteiger partial charge in [0.15, 0.2) is 0 Å². The molecule has 1 unspecified atom stereocenters. The van der Waals surface area contributed by atoms with Crippen LogP contribution in [-0.2, 0) is 0 Å². The minimum Gasteiger partial charge on any atom is -0.490 e. The number of likely N-dealkylation sites (N-methyl/N-ethyl adjacent to an activating group) is 1. The monoisotopic (exact) mass is 290 g/mol. The maximum Gasteiger partial charge on any atom is 0.128 e. The molecule has 1 aromatic heterocycles. The predicted octanol–water partition coefficient (Wildman–Crippen LogP) is 2.89. The molecule has 2 aromatic rings. The van der Waals surface area contributed by atoms with Crippen molar-refractivity contribution in [3.8, 4) is 5.75 Å². The van der Waals surface area contributed by atoms with Crippen molar-refractivity contribution in [1.29, 1.82) is 0 Å². The summed E-state index contributed by atoms with van der Waals surface area (Å²) in [5.74, 6) is 1.50. The third-order valence-corrected chi connectivity index (χ3v) is 3.60. The van der Waals surface area contributed by atoms with Gasteiger partial charge in [-0.3, -0.25) is 0 Å². The van der Waals surface area contributed by atoms with Crippen molar-refractivity contribution in [2.75, 3.05) is 26.7 Å². The SMILES string of the molecule is CC(C)CCN(C)CC(O)COc1cccc2[nH]ccc12. The van der Waals surface area contributed by atoms with E-state index in [0.717, 1.165) is 29.6 Å². The van der Waals surface area contributed by atoms with E-state index in [1.165, 1.54) is 0 Å². The lowest BCUT2D eigenvalue weighted by molar-refractivity contribution is 0.0757. The van der Waals surface area contributed by atoms with E-state index in [9.17, 15) is 5.11 Å². The van der Waals surface area contributed by atoms with Gasteiger partial charge in [-0.15, -0.1) is 0 Å². The maximum atomic E-state index is 10.1. The molecular weight excluding hydrogens is 264 g/mol. The molecule has 0 aliphatic carbocycles. The Morgan fingerprint density at radius 3 is 2.86 bits per heavy atom. The maximum absolute atomic E-state index is 10.1. The highest BCUT2D eigenvalue weighted by atomic mass is 16.5. The van der Waals surface area contributed by atoms with Crippen LogP contribution in [0.5, 0.6) is 5.75 Å². The Morgan fingerprint density at radius 1 is 1.29 bits per heavy atom. The van der Waals surface area contributed by atoms with E-state index in [1.54, 1.807) is 0 Å². The number of hydrogen-bond donors (Lipinski definition) is 2. The van der Waals surface area contributed by atoms with Gasteiger partial charge in [-0.2, -0.15) is 0 Å². The Morgan fingerprint density at radius 2 is 2.10 bits per heavy atom. The smallest absolute Gasteiger partial charge is 0.128 e. The molecule has 0 aliphatic rings. The molecule has 0 radical (unpaired) electrons. The number of aromatic nitrogens is 1. The van der Waals surface area contributed by atoms with Crippen LogP contribution in [0.15, 0.2) is 30.5 Å². The second kappa shape index (κ2) is 7.48. The number of hydrogen-bond acceptors (Lipinski definition) is 3. The summed E-state index contributed by atoms with van der Waals surface area (Å²) in [7, 11) is 2.04. The first-order chi connectivity index (χ1) is 10.1. The van der Waals surface area contributed by atoms with E-state index < -0.39 is 6.10 Å². The lowest BCUT2D eigenvalue weighted by Crippen LogP contribution is -2.34. The van der Waals surface area contributed by atoms with Gasteiger partial charge in [0.2, 0.25) is 0 Å². The van der Waals surface area contributed by atoms with E-state index in [4.69, 9.17) is 4.74 Å². The van der Waals surface area contributed by atoms with Gasteiger partial charge in [0.25, 0.3) is 0 Å². The van der Waals surface area contributed by atoms with Gasteiger partial charge in [0, 0.05) is 23.6 Å². The molecule has 0 aliphatic heterocycles. The normalized spacial score (nSPS) is 13.2. The average molecular weight is 290 g/mol. The molecule has 116 valence electrons. The zero-order valence-electron chi connectivity index (χ0n) is 13.2. The van der Waals surface area contributed by atoms with Crippen LogP contribution in [0.4, 0.5) is 0 Å². The molecule has 2 N–H and O–H groups in total. The molecule has 0 amide bonds. The van der Waals surface area contributed by atoms with Crippen molar-refractivity contribution in [3.05, 3.63) is 30.5 Å². The van der Waals surface area contributed by atoms with Gasteiger partial charge in [0.1, 0.15) is 18.5 Å². The highest BCUT2D eigenvalue weighted by Crippen LogP contribution is 2.24. The van der Waals surface area contributed by atoms with Crippen LogP contribution in [0.2, 0.25) is 0 Å². The van der Waals surface area contributed by atoms with E-state index in [2.05, 4.69) is 23.7 Å². The lowest BCUT2D eigenvalue weighted by atomic mass is 10.1. The summed E-state index contributed by atoms with van der Waals surface area (Å²) < 4.78 is 5.77. The van der Waals surface area contributed by atoms with Gasteiger partial charge >= 0.3 is 0 Å². The first kappa shape index (κ1) is 15.9. The number of rotatable bonds is 8. The Kier molecular flexibility index (Phi) is 5.65. The van der Waals surface area contributed by atoms with Gasteiger partial charge in [-0.1, -0.05) is 19.9 Å². The van der Waals surface area contributed by atoms with Crippen LogP contribution in [0.1, 0.15) is 20.3 Å². The van der Waals surface area contributed by atoms with E-state index in [-0.39, 0.29) is 0 Å². The highest BCUT2D eigenvalue weighted by molar-refractivity contribution is 5.85. The third kappa shape index (κ3) is 4.76. The lowest BCUT2D eigenvalue weighted by Gasteiger charge is -2.21. The number of aliphatic hydroxyl groups excluding tert-OH is 1. The molecule has 4 nitrogen and oxygen atoms in total. The Hall–Kier alpha value is -1.52. The van der Waals surface area contributed by atoms with E-state index in [0.29, 0.717) is 19.1 Å². The molecule has 4 heteroatoms. The van der Waals surface area contributed by atoms with Gasteiger partial charge in [-0.05, 0) is 44.1 Å². The van der Waals surface area contributed by atoms with Crippen LogP contribution in [0.25, 0.3) is 10.9 Å². The molecule has 0 fully saturated rings. The summed E-state index contributed by atoms with van der Waals surface area (Å²) in [6.07, 6.45) is 2.57. The summed E-state index contributed by atoms with van der Waals surface area (Å²) in [5, 5.41) is 11.1. The van der Waals surface area contributed by atoms with Crippen molar-refractivity contribution < 1.29 is 9.84 Å². The second-order valence-electron chi connectivity index (χ2n) is 6.10. The topological polar surface area (TPSA) is 48.5 Å².